The highest BCUT2D eigenvalue weighted by Crippen LogP contribution is 2.33. The fourth-order valence-electron chi connectivity index (χ4n) is 4.75. The standard InChI is InChI=1S/C15H15ClFN3O3S2.C15H22ClNO2/c1-23-13(21)8-24-12-7-11(10(17)6-9(12)16)18-14-19-4-2-3-5-20(19)15(22)25-14;1-5-13-8-6-7-11(2)15(13)17(14(18)9-16)12(3)10-19-4/h6-7H,2-5,8H2,1H3;6-8,12H,5,9-10H2,1-4H3/b18-14-;. The second-order valence-electron chi connectivity index (χ2n) is 9.95. The van der Waals surface area contributed by atoms with Crippen molar-refractivity contribution in [2.75, 3.05) is 37.4 Å². The van der Waals surface area contributed by atoms with Crippen molar-refractivity contribution in [3.05, 3.63) is 66.8 Å². The summed E-state index contributed by atoms with van der Waals surface area (Å²) in [6, 6.07) is 8.69. The first-order valence-electron chi connectivity index (χ1n) is 14.1. The summed E-state index contributed by atoms with van der Waals surface area (Å²) in [7, 11) is 2.93. The fraction of sp³-hybridized carbons (Fsp3) is 0.467. The van der Waals surface area contributed by atoms with Crippen molar-refractivity contribution in [1.29, 1.82) is 0 Å². The number of esters is 1. The molecule has 0 aliphatic carbocycles. The molecule has 14 heteroatoms. The Hall–Kier alpha value is -2.64. The lowest BCUT2D eigenvalue weighted by molar-refractivity contribution is -0.137. The zero-order chi connectivity index (χ0) is 32.4. The van der Waals surface area contributed by atoms with Crippen molar-refractivity contribution < 1.29 is 23.5 Å². The Bertz CT molecular complexity index is 1590. The number of carbonyl (C=O) groups excluding carboxylic acids is 2. The molecule has 0 saturated carbocycles. The highest BCUT2D eigenvalue weighted by molar-refractivity contribution is 8.00. The number of carbonyl (C=O) groups is 2. The lowest BCUT2D eigenvalue weighted by atomic mass is 10.0. The monoisotopic (exact) mass is 686 g/mol. The highest BCUT2D eigenvalue weighted by atomic mass is 35.5. The fourth-order valence-corrected chi connectivity index (χ4v) is 6.87. The lowest BCUT2D eigenvalue weighted by Crippen LogP contribution is -2.43. The molecule has 1 amide bonds. The van der Waals surface area contributed by atoms with E-state index in [2.05, 4.69) is 22.7 Å². The molecule has 1 aromatic heterocycles. The van der Waals surface area contributed by atoms with Crippen molar-refractivity contribution >= 4 is 69.6 Å². The van der Waals surface area contributed by atoms with E-state index in [0.717, 1.165) is 65.2 Å². The van der Waals surface area contributed by atoms with Gasteiger partial charge >= 0.3 is 10.8 Å². The maximum Gasteiger partial charge on any atom is 0.325 e. The molecule has 1 unspecified atom stereocenters. The summed E-state index contributed by atoms with van der Waals surface area (Å²) in [5, 5.41) is 0.199. The molecule has 0 spiro atoms. The second-order valence-corrected chi connectivity index (χ2v) is 12.6. The minimum absolute atomic E-state index is 0.0223. The summed E-state index contributed by atoms with van der Waals surface area (Å²) in [6.45, 7) is 7.88. The largest absolute Gasteiger partial charge is 0.468 e. The van der Waals surface area contributed by atoms with Gasteiger partial charge in [0.15, 0.2) is 0 Å². The Balaban J connectivity index is 0.000000251. The number of aryl methyl sites for hydroxylation is 2. The van der Waals surface area contributed by atoms with E-state index < -0.39 is 11.8 Å². The van der Waals surface area contributed by atoms with E-state index in [1.807, 2.05) is 26.0 Å². The molecule has 0 fully saturated rings. The van der Waals surface area contributed by atoms with Crippen LogP contribution in [0.15, 0.2) is 45.0 Å². The molecule has 3 aromatic rings. The molecule has 0 bridgehead atoms. The molecule has 4 rings (SSSR count). The number of anilines is 1. The summed E-state index contributed by atoms with van der Waals surface area (Å²) in [6.07, 6.45) is 2.77. The molecule has 2 aromatic carbocycles. The van der Waals surface area contributed by atoms with Gasteiger partial charge in [-0.2, -0.15) is 0 Å². The van der Waals surface area contributed by atoms with Crippen LogP contribution in [0.2, 0.25) is 5.02 Å². The summed E-state index contributed by atoms with van der Waals surface area (Å²) in [4.78, 5) is 42.5. The van der Waals surface area contributed by atoms with Crippen molar-refractivity contribution in [2.24, 2.45) is 4.99 Å². The SMILES string of the molecule is CCc1cccc(C)c1N(C(=O)CCl)C(C)COC.COC(=O)CSc1cc(/N=c2\sc(=O)n3n2CCCC3)c(F)cc1Cl. The zero-order valence-electron chi connectivity index (χ0n) is 25.4. The van der Waals surface area contributed by atoms with Gasteiger partial charge in [-0.25, -0.2) is 14.1 Å². The van der Waals surface area contributed by atoms with E-state index in [0.29, 0.717) is 29.4 Å². The van der Waals surface area contributed by atoms with Gasteiger partial charge < -0.3 is 14.4 Å². The maximum absolute atomic E-state index is 14.3. The van der Waals surface area contributed by atoms with Gasteiger partial charge in [0.2, 0.25) is 10.7 Å². The number of rotatable bonds is 10. The number of halogens is 3. The third-order valence-electron chi connectivity index (χ3n) is 6.86. The van der Waals surface area contributed by atoms with Gasteiger partial charge in [-0.15, -0.1) is 23.4 Å². The van der Waals surface area contributed by atoms with Gasteiger partial charge in [-0.1, -0.05) is 36.7 Å². The number of aromatic nitrogens is 2. The van der Waals surface area contributed by atoms with Crippen LogP contribution in [0.25, 0.3) is 0 Å². The molecule has 9 nitrogen and oxygen atoms in total. The number of benzene rings is 2. The first-order chi connectivity index (χ1) is 21.1. The number of hydrogen-bond acceptors (Lipinski definition) is 8. The number of para-hydroxylation sites is 1. The van der Waals surface area contributed by atoms with Crippen molar-refractivity contribution in [1.82, 2.24) is 9.36 Å². The number of methoxy groups -OCH3 is 2. The molecule has 1 aliphatic heterocycles. The van der Waals surface area contributed by atoms with E-state index in [4.69, 9.17) is 27.9 Å². The number of nitrogens with zero attached hydrogens (tertiary/aromatic N) is 4. The quantitative estimate of drug-likeness (QED) is 0.148. The number of amides is 1. The van der Waals surface area contributed by atoms with Crippen LogP contribution in [-0.2, 0) is 38.6 Å². The molecule has 0 radical (unpaired) electrons. The molecular weight excluding hydrogens is 650 g/mol. The maximum atomic E-state index is 14.3. The van der Waals surface area contributed by atoms with Crippen LogP contribution in [0.4, 0.5) is 15.8 Å². The molecule has 44 heavy (non-hydrogen) atoms. The number of fused-ring (bicyclic) bond motifs is 1. The van der Waals surface area contributed by atoms with Crippen LogP contribution in [0, 0.1) is 12.7 Å². The van der Waals surface area contributed by atoms with Crippen molar-refractivity contribution in [2.45, 2.75) is 64.1 Å². The lowest BCUT2D eigenvalue weighted by Gasteiger charge is -2.31. The summed E-state index contributed by atoms with van der Waals surface area (Å²) >= 11 is 13.9. The molecule has 0 saturated heterocycles. The molecule has 1 atom stereocenters. The van der Waals surface area contributed by atoms with Crippen LogP contribution in [-0.4, -0.2) is 59.7 Å². The smallest absolute Gasteiger partial charge is 0.325 e. The summed E-state index contributed by atoms with van der Waals surface area (Å²) < 4.78 is 27.4. The van der Waals surface area contributed by atoms with Crippen LogP contribution >= 0.6 is 46.3 Å². The van der Waals surface area contributed by atoms with Crippen LogP contribution in [0.1, 0.15) is 37.8 Å². The minimum Gasteiger partial charge on any atom is -0.468 e. The van der Waals surface area contributed by atoms with Crippen LogP contribution in [0.5, 0.6) is 0 Å². The van der Waals surface area contributed by atoms with E-state index in [-0.39, 0.29) is 39.2 Å². The molecule has 2 heterocycles. The zero-order valence-corrected chi connectivity index (χ0v) is 28.5. The second kappa shape index (κ2) is 17.2. The molecule has 240 valence electrons. The first kappa shape index (κ1) is 35.8. The third-order valence-corrected chi connectivity index (χ3v) is 9.41. The van der Waals surface area contributed by atoms with Gasteiger partial charge in [0.05, 0.1) is 36.2 Å². The van der Waals surface area contributed by atoms with E-state index in [1.54, 1.807) is 21.4 Å². The predicted molar refractivity (Wildman–Crippen MR) is 175 cm³/mol. The van der Waals surface area contributed by atoms with E-state index >= 15 is 0 Å². The van der Waals surface area contributed by atoms with Crippen molar-refractivity contribution in [3.63, 3.8) is 0 Å². The Morgan fingerprint density at radius 2 is 1.91 bits per heavy atom. The topological polar surface area (TPSA) is 95.1 Å². The number of ether oxygens (including phenoxy) is 2. The molecule has 1 aliphatic rings. The normalized spacial score (nSPS) is 13.5. The van der Waals surface area contributed by atoms with Gasteiger partial charge in [-0.05, 0) is 67.7 Å². The van der Waals surface area contributed by atoms with Crippen molar-refractivity contribution in [3.8, 4) is 0 Å². The van der Waals surface area contributed by atoms with E-state index in [1.165, 1.54) is 13.2 Å². The van der Waals surface area contributed by atoms with E-state index in [9.17, 15) is 18.8 Å². The number of thioether (sulfide) groups is 1. The first-order valence-corrected chi connectivity index (χ1v) is 16.8. The van der Waals surface area contributed by atoms with Crippen LogP contribution in [0.3, 0.4) is 0 Å². The molecular formula is C30H37Cl2FN4O5S2. The summed E-state index contributed by atoms with van der Waals surface area (Å²) in [5.74, 6) is -1.03. The Kier molecular flexibility index (Phi) is 14.0. The number of alkyl halides is 1. The van der Waals surface area contributed by atoms with Gasteiger partial charge in [-0.3, -0.25) is 19.1 Å². The average Bonchev–Trinajstić information content (AvgIpc) is 3.33. The van der Waals surface area contributed by atoms with Gasteiger partial charge in [0.1, 0.15) is 17.4 Å². The number of hydrogen-bond donors (Lipinski definition) is 0. The highest BCUT2D eigenvalue weighted by Gasteiger charge is 2.24. The summed E-state index contributed by atoms with van der Waals surface area (Å²) in [5.41, 5.74) is 3.29. The van der Waals surface area contributed by atoms with Gasteiger partial charge in [0.25, 0.3) is 0 Å². The Morgan fingerprint density at radius 3 is 2.55 bits per heavy atom. The Labute approximate surface area is 274 Å². The minimum atomic E-state index is -0.580. The molecule has 0 N–H and O–H groups in total. The van der Waals surface area contributed by atoms with Crippen LogP contribution < -0.4 is 14.6 Å². The Morgan fingerprint density at radius 1 is 1.20 bits per heavy atom. The predicted octanol–water partition coefficient (Wildman–Crippen LogP) is 5.96. The average molecular weight is 688 g/mol. The van der Waals surface area contributed by atoms with Gasteiger partial charge in [0, 0.05) is 25.1 Å². The third kappa shape index (κ3) is 8.97.